The summed E-state index contributed by atoms with van der Waals surface area (Å²) in [5.74, 6) is 0.559. The van der Waals surface area contributed by atoms with Crippen LogP contribution in [0.1, 0.15) is 18.5 Å². The number of rotatable bonds is 5. The van der Waals surface area contributed by atoms with E-state index in [2.05, 4.69) is 5.32 Å². The first-order valence-electron chi connectivity index (χ1n) is 6.61. The molecule has 0 saturated heterocycles. The largest absolute Gasteiger partial charge is 0.497 e. The van der Waals surface area contributed by atoms with E-state index in [4.69, 9.17) is 9.47 Å². The van der Waals surface area contributed by atoms with Crippen molar-refractivity contribution in [2.45, 2.75) is 13.0 Å². The van der Waals surface area contributed by atoms with Gasteiger partial charge in [-0.1, -0.05) is 18.2 Å². The lowest BCUT2D eigenvalue weighted by Crippen LogP contribution is -2.27. The molecule has 0 heterocycles. The highest BCUT2D eigenvalue weighted by Gasteiger charge is 2.19. The zero-order chi connectivity index (χ0) is 14.5. The van der Waals surface area contributed by atoms with E-state index in [0.717, 1.165) is 22.1 Å². The third kappa shape index (κ3) is 2.91. The molecular formula is C16H19NO3. The van der Waals surface area contributed by atoms with Gasteiger partial charge in [-0.2, -0.15) is 0 Å². The summed E-state index contributed by atoms with van der Waals surface area (Å²) in [5.41, 5.74) is 0.892. The van der Waals surface area contributed by atoms with Crippen LogP contribution < -0.4 is 10.1 Å². The molecule has 106 valence electrons. The zero-order valence-electron chi connectivity index (χ0n) is 12.0. The highest BCUT2D eigenvalue weighted by Crippen LogP contribution is 2.24. The zero-order valence-corrected chi connectivity index (χ0v) is 12.0. The Labute approximate surface area is 118 Å². The van der Waals surface area contributed by atoms with E-state index in [1.807, 2.05) is 36.4 Å². The number of hydrogen-bond acceptors (Lipinski definition) is 4. The molecule has 0 fully saturated rings. The Hall–Kier alpha value is -2.07. The summed E-state index contributed by atoms with van der Waals surface area (Å²) >= 11 is 0. The lowest BCUT2D eigenvalue weighted by atomic mass is 10.0. The molecule has 1 N–H and O–H groups in total. The Kier molecular flexibility index (Phi) is 4.58. The Balaban J connectivity index is 2.37. The minimum absolute atomic E-state index is 0.261. The number of benzene rings is 2. The number of likely N-dealkylation sites (N-methyl/N-ethyl adjacent to an activating group) is 1. The van der Waals surface area contributed by atoms with Gasteiger partial charge in [0.25, 0.3) is 0 Å². The maximum Gasteiger partial charge on any atom is 0.327 e. The SMILES string of the molecule is CCOC(=O)C(NC)c1ccc2cc(OC)ccc2c1. The van der Waals surface area contributed by atoms with Gasteiger partial charge in [-0.25, -0.2) is 4.79 Å². The van der Waals surface area contributed by atoms with Gasteiger partial charge in [0.15, 0.2) is 0 Å². The van der Waals surface area contributed by atoms with Crippen LogP contribution in [0.3, 0.4) is 0 Å². The van der Waals surface area contributed by atoms with Gasteiger partial charge in [0, 0.05) is 0 Å². The van der Waals surface area contributed by atoms with E-state index in [0.29, 0.717) is 6.61 Å². The number of carbonyl (C=O) groups excluding carboxylic acids is 1. The number of methoxy groups -OCH3 is 1. The molecule has 2 aromatic rings. The van der Waals surface area contributed by atoms with Gasteiger partial charge >= 0.3 is 5.97 Å². The summed E-state index contributed by atoms with van der Waals surface area (Å²) < 4.78 is 10.3. The summed E-state index contributed by atoms with van der Waals surface area (Å²) in [5, 5.41) is 5.13. The number of esters is 1. The summed E-state index contributed by atoms with van der Waals surface area (Å²) in [6.07, 6.45) is 0. The van der Waals surface area contributed by atoms with Crippen molar-refractivity contribution in [2.75, 3.05) is 20.8 Å². The monoisotopic (exact) mass is 273 g/mol. The molecule has 1 unspecified atom stereocenters. The molecular weight excluding hydrogens is 254 g/mol. The van der Waals surface area contributed by atoms with Gasteiger partial charge in [-0.3, -0.25) is 0 Å². The standard InChI is InChI=1S/C16H19NO3/c1-4-20-16(18)15(17-2)13-6-5-12-10-14(19-3)8-7-11(12)9-13/h5-10,15,17H,4H2,1-3H3. The van der Waals surface area contributed by atoms with Crippen molar-refractivity contribution in [3.8, 4) is 5.75 Å². The summed E-state index contributed by atoms with van der Waals surface area (Å²) in [6.45, 7) is 2.18. The quantitative estimate of drug-likeness (QED) is 0.851. The van der Waals surface area contributed by atoms with Crippen molar-refractivity contribution in [1.82, 2.24) is 5.32 Å². The van der Waals surface area contributed by atoms with E-state index in [-0.39, 0.29) is 5.97 Å². The van der Waals surface area contributed by atoms with E-state index in [1.54, 1.807) is 21.1 Å². The van der Waals surface area contributed by atoms with Crippen LogP contribution in [0.4, 0.5) is 0 Å². The Morgan fingerprint density at radius 2 is 1.90 bits per heavy atom. The smallest absolute Gasteiger partial charge is 0.327 e. The van der Waals surface area contributed by atoms with Gasteiger partial charge in [0.2, 0.25) is 0 Å². The average Bonchev–Trinajstić information content (AvgIpc) is 2.47. The average molecular weight is 273 g/mol. The van der Waals surface area contributed by atoms with Crippen molar-refractivity contribution in [2.24, 2.45) is 0 Å². The van der Waals surface area contributed by atoms with E-state index in [1.165, 1.54) is 0 Å². The Morgan fingerprint density at radius 1 is 1.20 bits per heavy atom. The molecule has 0 amide bonds. The van der Waals surface area contributed by atoms with Crippen LogP contribution in [0.5, 0.6) is 5.75 Å². The number of carbonyl (C=O) groups is 1. The summed E-state index contributed by atoms with van der Waals surface area (Å²) in [4.78, 5) is 11.9. The molecule has 0 aromatic heterocycles. The fraction of sp³-hybridized carbons (Fsp3) is 0.312. The second kappa shape index (κ2) is 6.39. The predicted molar refractivity (Wildman–Crippen MR) is 78.9 cm³/mol. The number of ether oxygens (including phenoxy) is 2. The third-order valence-corrected chi connectivity index (χ3v) is 3.22. The lowest BCUT2D eigenvalue weighted by Gasteiger charge is -2.15. The van der Waals surface area contributed by atoms with Crippen molar-refractivity contribution in [1.29, 1.82) is 0 Å². The van der Waals surface area contributed by atoms with Crippen LogP contribution in [0.25, 0.3) is 10.8 Å². The first-order chi connectivity index (χ1) is 9.69. The maximum absolute atomic E-state index is 11.9. The lowest BCUT2D eigenvalue weighted by molar-refractivity contribution is -0.145. The maximum atomic E-state index is 11.9. The van der Waals surface area contributed by atoms with Crippen LogP contribution in [0.2, 0.25) is 0 Å². The molecule has 0 bridgehead atoms. The molecule has 0 aliphatic rings. The molecule has 4 heteroatoms. The van der Waals surface area contributed by atoms with Crippen molar-refractivity contribution < 1.29 is 14.3 Å². The Bertz CT molecular complexity index is 610. The molecule has 0 saturated carbocycles. The van der Waals surface area contributed by atoms with Gasteiger partial charge in [0.05, 0.1) is 13.7 Å². The second-order valence-corrected chi connectivity index (χ2v) is 4.45. The molecule has 0 aliphatic carbocycles. The van der Waals surface area contributed by atoms with Crippen LogP contribution in [0, 0.1) is 0 Å². The van der Waals surface area contributed by atoms with Crippen molar-refractivity contribution >= 4 is 16.7 Å². The molecule has 0 aliphatic heterocycles. The minimum Gasteiger partial charge on any atom is -0.497 e. The summed E-state index contributed by atoms with van der Waals surface area (Å²) in [6, 6.07) is 11.3. The van der Waals surface area contributed by atoms with Crippen molar-refractivity contribution in [3.63, 3.8) is 0 Å². The molecule has 2 aromatic carbocycles. The molecule has 0 radical (unpaired) electrons. The topological polar surface area (TPSA) is 47.6 Å². The van der Waals surface area contributed by atoms with E-state index < -0.39 is 6.04 Å². The molecule has 2 rings (SSSR count). The fourth-order valence-corrected chi connectivity index (χ4v) is 2.20. The van der Waals surface area contributed by atoms with Crippen LogP contribution in [0.15, 0.2) is 36.4 Å². The highest BCUT2D eigenvalue weighted by atomic mass is 16.5. The van der Waals surface area contributed by atoms with Gasteiger partial charge in [-0.15, -0.1) is 0 Å². The summed E-state index contributed by atoms with van der Waals surface area (Å²) in [7, 11) is 3.40. The van der Waals surface area contributed by atoms with Gasteiger partial charge < -0.3 is 14.8 Å². The predicted octanol–water partition coefficient (Wildman–Crippen LogP) is 2.67. The number of fused-ring (bicyclic) bond motifs is 1. The number of hydrogen-bond donors (Lipinski definition) is 1. The van der Waals surface area contributed by atoms with Crippen LogP contribution >= 0.6 is 0 Å². The molecule has 4 nitrogen and oxygen atoms in total. The molecule has 0 spiro atoms. The third-order valence-electron chi connectivity index (χ3n) is 3.22. The van der Waals surface area contributed by atoms with Gasteiger partial charge in [0.1, 0.15) is 11.8 Å². The van der Waals surface area contributed by atoms with Crippen LogP contribution in [-0.4, -0.2) is 26.7 Å². The fourth-order valence-electron chi connectivity index (χ4n) is 2.20. The minimum atomic E-state index is -0.443. The Morgan fingerprint density at radius 3 is 2.55 bits per heavy atom. The number of nitrogens with one attached hydrogen (secondary N) is 1. The van der Waals surface area contributed by atoms with Gasteiger partial charge in [-0.05, 0) is 48.5 Å². The normalized spacial score (nSPS) is 12.2. The highest BCUT2D eigenvalue weighted by molar-refractivity contribution is 5.86. The molecule has 20 heavy (non-hydrogen) atoms. The molecule has 1 atom stereocenters. The first-order valence-corrected chi connectivity index (χ1v) is 6.61. The van der Waals surface area contributed by atoms with Crippen molar-refractivity contribution in [3.05, 3.63) is 42.0 Å². The van der Waals surface area contributed by atoms with E-state index >= 15 is 0 Å². The second-order valence-electron chi connectivity index (χ2n) is 4.45. The van der Waals surface area contributed by atoms with Crippen LogP contribution in [-0.2, 0) is 9.53 Å². The van der Waals surface area contributed by atoms with E-state index in [9.17, 15) is 4.79 Å². The first kappa shape index (κ1) is 14.3.